The molecular weight excluding hydrogens is 232 g/mol. The number of Topliss-reactive ketones (excluding diaryl/α,β-unsaturated/α-hetero) is 1. The fraction of sp³-hybridized carbons (Fsp3) is 0.611. The van der Waals surface area contributed by atoms with Crippen molar-refractivity contribution in [2.45, 2.75) is 53.9 Å². The van der Waals surface area contributed by atoms with E-state index in [9.17, 15) is 4.79 Å². The van der Waals surface area contributed by atoms with Crippen LogP contribution in [0.2, 0.25) is 0 Å². The summed E-state index contributed by atoms with van der Waals surface area (Å²) in [7, 11) is 0. The molecule has 0 amide bonds. The Hall–Kier alpha value is -1.11. The molecule has 0 unspecified atom stereocenters. The van der Waals surface area contributed by atoms with Gasteiger partial charge in [0.2, 0.25) is 0 Å². The third kappa shape index (κ3) is 2.35. The molecule has 19 heavy (non-hydrogen) atoms. The molecule has 0 aliphatic heterocycles. The van der Waals surface area contributed by atoms with Crippen LogP contribution in [0.5, 0.6) is 0 Å². The molecule has 1 heteroatoms. The van der Waals surface area contributed by atoms with E-state index in [-0.39, 0.29) is 16.7 Å². The molecule has 0 aromatic heterocycles. The van der Waals surface area contributed by atoms with Crippen molar-refractivity contribution in [2.75, 3.05) is 0 Å². The van der Waals surface area contributed by atoms with Gasteiger partial charge in [0, 0.05) is 12.3 Å². The highest BCUT2D eigenvalue weighted by Gasteiger charge is 2.67. The van der Waals surface area contributed by atoms with E-state index in [1.165, 1.54) is 5.56 Å². The Balaban J connectivity index is 2.05. The third-order valence-corrected chi connectivity index (χ3v) is 5.37. The van der Waals surface area contributed by atoms with Crippen LogP contribution in [0.15, 0.2) is 24.3 Å². The molecule has 1 fully saturated rings. The molecule has 0 atom stereocenters. The Morgan fingerprint density at radius 1 is 1.05 bits per heavy atom. The van der Waals surface area contributed by atoms with Crippen LogP contribution in [0, 0.1) is 16.7 Å². The molecule has 0 bridgehead atoms. The lowest BCUT2D eigenvalue weighted by atomic mass is 9.97. The van der Waals surface area contributed by atoms with Crippen molar-refractivity contribution in [3.05, 3.63) is 35.4 Å². The van der Waals surface area contributed by atoms with E-state index < -0.39 is 0 Å². The van der Waals surface area contributed by atoms with E-state index in [1.54, 1.807) is 0 Å². The summed E-state index contributed by atoms with van der Waals surface area (Å²) in [6, 6.07) is 8.51. The molecule has 2 rings (SSSR count). The van der Waals surface area contributed by atoms with Gasteiger partial charge in [-0.25, -0.2) is 0 Å². The Morgan fingerprint density at radius 2 is 1.53 bits per heavy atom. The molecule has 1 nitrogen and oxygen atoms in total. The van der Waals surface area contributed by atoms with Gasteiger partial charge in [0.25, 0.3) is 0 Å². The van der Waals surface area contributed by atoms with E-state index in [0.29, 0.717) is 18.1 Å². The molecule has 1 aliphatic rings. The van der Waals surface area contributed by atoms with E-state index in [2.05, 4.69) is 65.8 Å². The number of ketones is 1. The zero-order valence-corrected chi connectivity index (χ0v) is 13.1. The first-order valence-corrected chi connectivity index (χ1v) is 7.29. The SMILES string of the molecule is CC(C)c1ccc(CC(=O)C2C(C)(C)C2(C)C)cc1. The van der Waals surface area contributed by atoms with Gasteiger partial charge < -0.3 is 0 Å². The van der Waals surface area contributed by atoms with Gasteiger partial charge in [0.05, 0.1) is 0 Å². The van der Waals surface area contributed by atoms with Gasteiger partial charge in [-0.05, 0) is 27.9 Å². The smallest absolute Gasteiger partial charge is 0.141 e. The number of rotatable bonds is 4. The molecular formula is C18H26O. The summed E-state index contributed by atoms with van der Waals surface area (Å²) in [5, 5.41) is 0. The minimum atomic E-state index is 0.155. The third-order valence-electron chi connectivity index (χ3n) is 5.37. The fourth-order valence-corrected chi connectivity index (χ4v) is 3.32. The zero-order chi connectivity index (χ0) is 14.4. The van der Waals surface area contributed by atoms with Crippen molar-refractivity contribution in [1.82, 2.24) is 0 Å². The molecule has 104 valence electrons. The minimum absolute atomic E-state index is 0.155. The second-order valence-corrected chi connectivity index (χ2v) is 7.42. The summed E-state index contributed by atoms with van der Waals surface area (Å²) >= 11 is 0. The van der Waals surface area contributed by atoms with Crippen molar-refractivity contribution in [1.29, 1.82) is 0 Å². The molecule has 1 aromatic carbocycles. The van der Waals surface area contributed by atoms with Crippen molar-refractivity contribution in [3.8, 4) is 0 Å². The lowest BCUT2D eigenvalue weighted by molar-refractivity contribution is -0.120. The second-order valence-electron chi connectivity index (χ2n) is 7.42. The predicted octanol–water partition coefficient (Wildman–Crippen LogP) is 4.60. The standard InChI is InChI=1S/C18H26O/c1-12(2)14-9-7-13(8-10-14)11-15(19)16-17(3,4)18(16,5)6/h7-10,12,16H,11H2,1-6H3. The highest BCUT2D eigenvalue weighted by Crippen LogP contribution is 2.68. The normalized spacial score (nSPS) is 20.6. The molecule has 0 heterocycles. The van der Waals surface area contributed by atoms with E-state index in [4.69, 9.17) is 0 Å². The monoisotopic (exact) mass is 258 g/mol. The topological polar surface area (TPSA) is 17.1 Å². The summed E-state index contributed by atoms with van der Waals surface area (Å²) in [6.45, 7) is 13.2. The predicted molar refractivity (Wildman–Crippen MR) is 80.3 cm³/mol. The maximum atomic E-state index is 12.4. The maximum Gasteiger partial charge on any atom is 0.141 e. The van der Waals surface area contributed by atoms with E-state index >= 15 is 0 Å². The Bertz CT molecular complexity index is 463. The number of hydrogen-bond donors (Lipinski definition) is 0. The molecule has 0 saturated heterocycles. The van der Waals surface area contributed by atoms with Crippen molar-refractivity contribution >= 4 is 5.78 Å². The summed E-state index contributed by atoms with van der Waals surface area (Å²) in [5.41, 5.74) is 2.79. The number of benzene rings is 1. The molecule has 0 radical (unpaired) electrons. The highest BCUT2D eigenvalue weighted by molar-refractivity contribution is 5.88. The Kier molecular flexibility index (Phi) is 3.36. The van der Waals surface area contributed by atoms with Crippen LogP contribution in [-0.2, 0) is 11.2 Å². The first kappa shape index (κ1) is 14.3. The van der Waals surface area contributed by atoms with Crippen LogP contribution < -0.4 is 0 Å². The van der Waals surface area contributed by atoms with Gasteiger partial charge in [0.15, 0.2) is 0 Å². The van der Waals surface area contributed by atoms with Crippen molar-refractivity contribution in [2.24, 2.45) is 16.7 Å². The summed E-state index contributed by atoms with van der Waals surface area (Å²) in [5.74, 6) is 1.16. The van der Waals surface area contributed by atoms with Crippen LogP contribution in [0.25, 0.3) is 0 Å². The molecule has 1 aromatic rings. The quantitative estimate of drug-likeness (QED) is 0.771. The van der Waals surface area contributed by atoms with Crippen LogP contribution in [-0.4, -0.2) is 5.78 Å². The van der Waals surface area contributed by atoms with Crippen LogP contribution in [0.3, 0.4) is 0 Å². The van der Waals surface area contributed by atoms with Crippen LogP contribution in [0.4, 0.5) is 0 Å². The van der Waals surface area contributed by atoms with Crippen molar-refractivity contribution in [3.63, 3.8) is 0 Å². The Labute approximate surface area is 117 Å². The molecule has 1 saturated carbocycles. The molecule has 0 N–H and O–H groups in total. The number of hydrogen-bond acceptors (Lipinski definition) is 1. The first-order chi connectivity index (χ1) is 8.68. The van der Waals surface area contributed by atoms with Gasteiger partial charge in [-0.15, -0.1) is 0 Å². The van der Waals surface area contributed by atoms with Crippen LogP contribution in [0.1, 0.15) is 58.6 Å². The minimum Gasteiger partial charge on any atom is -0.299 e. The largest absolute Gasteiger partial charge is 0.299 e. The molecule has 1 aliphatic carbocycles. The van der Waals surface area contributed by atoms with Crippen LogP contribution >= 0.6 is 0 Å². The summed E-state index contributed by atoms with van der Waals surface area (Å²) in [6.07, 6.45) is 0.579. The lowest BCUT2D eigenvalue weighted by Gasteiger charge is -2.07. The second kappa shape index (κ2) is 4.47. The lowest BCUT2D eigenvalue weighted by Crippen LogP contribution is -2.10. The van der Waals surface area contributed by atoms with Gasteiger partial charge >= 0.3 is 0 Å². The van der Waals surface area contributed by atoms with E-state index in [0.717, 1.165) is 5.56 Å². The highest BCUT2D eigenvalue weighted by atomic mass is 16.1. The number of carbonyl (C=O) groups is 1. The Morgan fingerprint density at radius 3 is 1.89 bits per heavy atom. The maximum absolute atomic E-state index is 12.4. The summed E-state index contributed by atoms with van der Waals surface area (Å²) in [4.78, 5) is 12.4. The number of carbonyl (C=O) groups excluding carboxylic acids is 1. The van der Waals surface area contributed by atoms with Gasteiger partial charge in [-0.3, -0.25) is 4.79 Å². The van der Waals surface area contributed by atoms with Gasteiger partial charge in [-0.2, -0.15) is 0 Å². The zero-order valence-electron chi connectivity index (χ0n) is 13.1. The average Bonchev–Trinajstić information content (AvgIpc) is 2.69. The average molecular weight is 258 g/mol. The van der Waals surface area contributed by atoms with E-state index in [1.807, 2.05) is 0 Å². The van der Waals surface area contributed by atoms with Gasteiger partial charge in [0.1, 0.15) is 5.78 Å². The molecule has 0 spiro atoms. The van der Waals surface area contributed by atoms with Crippen molar-refractivity contribution < 1.29 is 4.79 Å². The fourth-order valence-electron chi connectivity index (χ4n) is 3.32. The summed E-state index contributed by atoms with van der Waals surface area (Å²) < 4.78 is 0. The van der Waals surface area contributed by atoms with Gasteiger partial charge in [-0.1, -0.05) is 65.8 Å². The first-order valence-electron chi connectivity index (χ1n) is 7.29.